The molecule has 1 aliphatic rings. The van der Waals surface area contributed by atoms with Gasteiger partial charge in [-0.3, -0.25) is 0 Å². The SMILES string of the molecule is CCC#CC[Si]1(CC#CCC)CCC1. The van der Waals surface area contributed by atoms with Gasteiger partial charge in [0.2, 0.25) is 0 Å². The Labute approximate surface area is 89.5 Å². The van der Waals surface area contributed by atoms with E-state index in [0.717, 1.165) is 12.8 Å². The summed E-state index contributed by atoms with van der Waals surface area (Å²) in [5.74, 6) is 13.1. The van der Waals surface area contributed by atoms with Crippen LogP contribution < -0.4 is 0 Å². The van der Waals surface area contributed by atoms with Gasteiger partial charge in [0, 0.05) is 24.9 Å². The molecule has 1 saturated heterocycles. The van der Waals surface area contributed by atoms with E-state index < -0.39 is 8.07 Å². The Kier molecular flexibility index (Phi) is 4.84. The summed E-state index contributed by atoms with van der Waals surface area (Å²) in [7, 11) is -0.965. The molecule has 0 bridgehead atoms. The predicted molar refractivity (Wildman–Crippen MR) is 65.7 cm³/mol. The van der Waals surface area contributed by atoms with E-state index in [1.165, 1.54) is 30.6 Å². The van der Waals surface area contributed by atoms with E-state index in [0.29, 0.717) is 0 Å². The van der Waals surface area contributed by atoms with Gasteiger partial charge < -0.3 is 0 Å². The normalized spacial score (nSPS) is 17.0. The van der Waals surface area contributed by atoms with Crippen molar-refractivity contribution in [2.45, 2.75) is 57.3 Å². The van der Waals surface area contributed by atoms with Crippen molar-refractivity contribution in [1.82, 2.24) is 0 Å². The highest BCUT2D eigenvalue weighted by Gasteiger charge is 2.37. The quantitative estimate of drug-likeness (QED) is 0.475. The third-order valence-electron chi connectivity index (χ3n) is 2.94. The first-order valence-electron chi connectivity index (χ1n) is 5.74. The Morgan fingerprint density at radius 1 is 0.857 bits per heavy atom. The van der Waals surface area contributed by atoms with Crippen LogP contribution in [-0.2, 0) is 0 Å². The molecule has 1 rings (SSSR count). The Morgan fingerprint density at radius 3 is 1.64 bits per heavy atom. The Morgan fingerprint density at radius 2 is 1.36 bits per heavy atom. The first-order valence-corrected chi connectivity index (χ1v) is 8.57. The Hall–Kier alpha value is -0.663. The molecule has 0 nitrogen and oxygen atoms in total. The molecule has 1 heteroatoms. The molecular weight excluding hydrogens is 184 g/mol. The fourth-order valence-corrected chi connectivity index (χ4v) is 5.03. The maximum absolute atomic E-state index is 3.35. The monoisotopic (exact) mass is 204 g/mol. The summed E-state index contributed by atoms with van der Waals surface area (Å²) in [5, 5.41) is 0. The van der Waals surface area contributed by atoms with Crippen LogP contribution in [0.4, 0.5) is 0 Å². The van der Waals surface area contributed by atoms with E-state index in [-0.39, 0.29) is 0 Å². The fourth-order valence-electron chi connectivity index (χ4n) is 1.84. The second-order valence-electron chi connectivity index (χ2n) is 4.12. The van der Waals surface area contributed by atoms with E-state index in [2.05, 4.69) is 37.5 Å². The van der Waals surface area contributed by atoms with Crippen molar-refractivity contribution < 1.29 is 0 Å². The van der Waals surface area contributed by atoms with Gasteiger partial charge >= 0.3 is 0 Å². The van der Waals surface area contributed by atoms with E-state index >= 15 is 0 Å². The molecule has 1 heterocycles. The highest BCUT2D eigenvalue weighted by molar-refractivity contribution is 6.83. The van der Waals surface area contributed by atoms with Crippen LogP contribution in [0.3, 0.4) is 0 Å². The van der Waals surface area contributed by atoms with E-state index in [9.17, 15) is 0 Å². The zero-order valence-electron chi connectivity index (χ0n) is 9.45. The largest absolute Gasteiger partial charge is 0.106 e. The molecule has 0 aliphatic carbocycles. The zero-order chi connectivity index (χ0) is 10.3. The van der Waals surface area contributed by atoms with E-state index in [1.807, 2.05) is 0 Å². The third kappa shape index (κ3) is 3.24. The minimum absolute atomic E-state index is 0.965. The van der Waals surface area contributed by atoms with Crippen LogP contribution in [0, 0.1) is 23.7 Å². The van der Waals surface area contributed by atoms with Gasteiger partial charge in [0.15, 0.2) is 0 Å². The van der Waals surface area contributed by atoms with Crippen LogP contribution in [0.2, 0.25) is 24.2 Å². The molecule has 0 spiro atoms. The maximum Gasteiger partial charge on any atom is 0.0789 e. The highest BCUT2D eigenvalue weighted by Crippen LogP contribution is 2.38. The lowest BCUT2D eigenvalue weighted by atomic mass is 10.5. The second-order valence-corrected chi connectivity index (χ2v) is 8.83. The summed E-state index contributed by atoms with van der Waals surface area (Å²) >= 11 is 0. The summed E-state index contributed by atoms with van der Waals surface area (Å²) in [6.45, 7) is 4.25. The lowest BCUT2D eigenvalue weighted by Crippen LogP contribution is -2.40. The van der Waals surface area contributed by atoms with Gasteiger partial charge in [-0.05, 0) is 0 Å². The minimum atomic E-state index is -0.965. The van der Waals surface area contributed by atoms with Gasteiger partial charge in [-0.25, -0.2) is 0 Å². The summed E-state index contributed by atoms with van der Waals surface area (Å²) in [6, 6.07) is 5.37. The molecule has 0 unspecified atom stereocenters. The van der Waals surface area contributed by atoms with Crippen molar-refractivity contribution in [3.05, 3.63) is 0 Å². The van der Waals surface area contributed by atoms with E-state index in [4.69, 9.17) is 0 Å². The second kappa shape index (κ2) is 5.94. The van der Waals surface area contributed by atoms with Crippen LogP contribution in [0.1, 0.15) is 33.1 Å². The number of rotatable bonds is 2. The van der Waals surface area contributed by atoms with Gasteiger partial charge in [-0.2, -0.15) is 0 Å². The van der Waals surface area contributed by atoms with Crippen molar-refractivity contribution in [3.8, 4) is 23.7 Å². The maximum atomic E-state index is 3.35. The van der Waals surface area contributed by atoms with Gasteiger partial charge in [-0.15, -0.1) is 23.7 Å². The van der Waals surface area contributed by atoms with Crippen molar-refractivity contribution in [1.29, 1.82) is 0 Å². The topological polar surface area (TPSA) is 0 Å². The van der Waals surface area contributed by atoms with Crippen molar-refractivity contribution in [2.75, 3.05) is 0 Å². The van der Waals surface area contributed by atoms with Crippen molar-refractivity contribution in [2.24, 2.45) is 0 Å². The number of hydrogen-bond acceptors (Lipinski definition) is 0. The molecule has 1 aliphatic heterocycles. The molecule has 0 aromatic carbocycles. The summed E-state index contributed by atoms with van der Waals surface area (Å²) in [6.07, 6.45) is 3.45. The van der Waals surface area contributed by atoms with E-state index in [1.54, 1.807) is 0 Å². The van der Waals surface area contributed by atoms with Gasteiger partial charge in [0.1, 0.15) is 0 Å². The van der Waals surface area contributed by atoms with Crippen LogP contribution in [0.25, 0.3) is 0 Å². The lowest BCUT2D eigenvalue weighted by Gasteiger charge is -2.36. The standard InChI is InChI=1S/C13H20Si/c1-3-5-7-10-14(12-9-13-14)11-8-6-4-2/h3-4,9-13H2,1-2H3. The number of hydrogen-bond donors (Lipinski definition) is 0. The highest BCUT2D eigenvalue weighted by atomic mass is 28.3. The molecule has 76 valence electrons. The Balaban J connectivity index is 2.41. The predicted octanol–water partition coefficient (Wildman–Crippen LogP) is 3.67. The summed E-state index contributed by atoms with van der Waals surface area (Å²) < 4.78 is 0. The van der Waals surface area contributed by atoms with Crippen molar-refractivity contribution in [3.63, 3.8) is 0 Å². The first kappa shape index (κ1) is 11.4. The molecule has 0 radical (unpaired) electrons. The molecule has 0 aromatic heterocycles. The summed E-state index contributed by atoms with van der Waals surface area (Å²) in [5.41, 5.74) is 0. The molecule has 1 fully saturated rings. The Bertz CT molecular complexity index is 252. The minimum Gasteiger partial charge on any atom is -0.106 e. The molecule has 0 saturated carbocycles. The fraction of sp³-hybridized carbons (Fsp3) is 0.692. The van der Waals surface area contributed by atoms with Crippen LogP contribution in [-0.4, -0.2) is 8.07 Å². The average Bonchev–Trinajstić information content (AvgIpc) is 2.13. The van der Waals surface area contributed by atoms with Gasteiger partial charge in [0.05, 0.1) is 8.07 Å². The van der Waals surface area contributed by atoms with Crippen LogP contribution in [0.15, 0.2) is 0 Å². The molecule has 0 aromatic rings. The van der Waals surface area contributed by atoms with Gasteiger partial charge in [-0.1, -0.05) is 32.4 Å². The lowest BCUT2D eigenvalue weighted by molar-refractivity contribution is 0.886. The first-order chi connectivity index (χ1) is 6.83. The molecule has 0 N–H and O–H groups in total. The molecule has 0 amide bonds. The molecule has 0 atom stereocenters. The van der Waals surface area contributed by atoms with Crippen LogP contribution in [0.5, 0.6) is 0 Å². The van der Waals surface area contributed by atoms with Crippen LogP contribution >= 0.6 is 0 Å². The van der Waals surface area contributed by atoms with Gasteiger partial charge in [0.25, 0.3) is 0 Å². The molecular formula is C13H20Si. The third-order valence-corrected chi connectivity index (χ3v) is 7.63. The average molecular weight is 204 g/mol. The molecule has 14 heavy (non-hydrogen) atoms. The zero-order valence-corrected chi connectivity index (χ0v) is 10.4. The smallest absolute Gasteiger partial charge is 0.0789 e. The summed E-state index contributed by atoms with van der Waals surface area (Å²) in [4.78, 5) is 0. The van der Waals surface area contributed by atoms with Crippen molar-refractivity contribution >= 4 is 8.07 Å².